The van der Waals surface area contributed by atoms with E-state index in [4.69, 9.17) is 4.74 Å². The predicted octanol–water partition coefficient (Wildman–Crippen LogP) is 6.14. The quantitative estimate of drug-likeness (QED) is 0.386. The summed E-state index contributed by atoms with van der Waals surface area (Å²) in [4.78, 5) is 12.1. The lowest BCUT2D eigenvalue weighted by molar-refractivity contribution is 0.0601. The highest BCUT2D eigenvalue weighted by atomic mass is 16.5. The van der Waals surface area contributed by atoms with Gasteiger partial charge in [0.2, 0.25) is 0 Å². The Kier molecular flexibility index (Phi) is 4.77. The first-order chi connectivity index (χ1) is 13.2. The van der Waals surface area contributed by atoms with Crippen LogP contribution in [-0.4, -0.2) is 17.6 Å². The van der Waals surface area contributed by atoms with Gasteiger partial charge in [-0.2, -0.15) is 0 Å². The first-order valence-corrected chi connectivity index (χ1v) is 10.0. The van der Waals surface area contributed by atoms with Crippen LogP contribution in [0.4, 0.5) is 0 Å². The number of esters is 1. The fourth-order valence-corrected chi connectivity index (χ4v) is 4.68. The van der Waals surface area contributed by atoms with E-state index in [1.54, 1.807) is 0 Å². The molecular weight excluding hydrogens is 334 g/mol. The maximum atomic E-state index is 12.1. The fraction of sp³-hybridized carbons (Fsp3) is 0.375. The van der Waals surface area contributed by atoms with Gasteiger partial charge < -0.3 is 9.30 Å². The molecule has 0 amide bonds. The maximum Gasteiger partial charge on any atom is 0.337 e. The Morgan fingerprint density at radius 3 is 2.56 bits per heavy atom. The van der Waals surface area contributed by atoms with Crippen molar-refractivity contribution in [3.8, 4) is 11.3 Å². The molecule has 1 aliphatic rings. The number of hydrogen-bond acceptors (Lipinski definition) is 2. The minimum Gasteiger partial charge on any atom is -0.465 e. The van der Waals surface area contributed by atoms with Gasteiger partial charge in [0.1, 0.15) is 0 Å². The number of fused-ring (bicyclic) bond motifs is 5. The molecule has 0 saturated carbocycles. The third-order valence-electron chi connectivity index (χ3n) is 5.81. The fourth-order valence-electron chi connectivity index (χ4n) is 4.68. The number of carbonyl (C=O) groups excluding carboxylic acids is 1. The number of benzene rings is 2. The molecule has 0 radical (unpaired) electrons. The third kappa shape index (κ3) is 2.86. The second-order valence-electron chi connectivity index (χ2n) is 7.50. The Bertz CT molecular complexity index is 993. The minimum absolute atomic E-state index is 0.275. The molecule has 0 aliphatic carbocycles. The van der Waals surface area contributed by atoms with Crippen molar-refractivity contribution in [3.63, 3.8) is 0 Å². The van der Waals surface area contributed by atoms with E-state index in [1.807, 2.05) is 12.1 Å². The molecule has 1 aromatic heterocycles. The van der Waals surface area contributed by atoms with Crippen LogP contribution in [0.15, 0.2) is 42.5 Å². The monoisotopic (exact) mass is 361 g/mol. The van der Waals surface area contributed by atoms with E-state index in [-0.39, 0.29) is 5.97 Å². The highest BCUT2D eigenvalue weighted by Gasteiger charge is 2.29. The smallest absolute Gasteiger partial charge is 0.337 e. The zero-order chi connectivity index (χ0) is 19.0. The zero-order valence-corrected chi connectivity index (χ0v) is 16.4. The van der Waals surface area contributed by atoms with Crippen LogP contribution in [-0.2, 0) is 11.3 Å². The van der Waals surface area contributed by atoms with Crippen molar-refractivity contribution in [2.24, 2.45) is 0 Å². The SMILES string of the molecule is CCCC(CCC)c1c2n(c3cc(C(=O)OC)ccc13)Cc1ccccc1-2. The first-order valence-electron chi connectivity index (χ1n) is 10.0. The van der Waals surface area contributed by atoms with Gasteiger partial charge in [-0.1, -0.05) is 57.0 Å². The van der Waals surface area contributed by atoms with Crippen molar-refractivity contribution in [3.05, 3.63) is 59.2 Å². The Morgan fingerprint density at radius 2 is 1.85 bits per heavy atom. The Labute approximate surface area is 161 Å². The molecule has 140 valence electrons. The van der Waals surface area contributed by atoms with Crippen LogP contribution in [0.3, 0.4) is 0 Å². The molecule has 2 aromatic carbocycles. The average Bonchev–Trinajstić information content (AvgIpc) is 3.21. The molecule has 0 fully saturated rings. The minimum atomic E-state index is -0.275. The number of rotatable bonds is 6. The van der Waals surface area contributed by atoms with Gasteiger partial charge in [0, 0.05) is 23.0 Å². The Hall–Kier alpha value is -2.55. The average molecular weight is 361 g/mol. The van der Waals surface area contributed by atoms with Gasteiger partial charge in [0.25, 0.3) is 0 Å². The van der Waals surface area contributed by atoms with Crippen LogP contribution in [0.5, 0.6) is 0 Å². The summed E-state index contributed by atoms with van der Waals surface area (Å²) in [6.07, 6.45) is 4.75. The molecule has 0 atom stereocenters. The molecule has 0 bridgehead atoms. The van der Waals surface area contributed by atoms with E-state index in [2.05, 4.69) is 48.7 Å². The maximum absolute atomic E-state index is 12.1. The molecule has 4 rings (SSSR count). The largest absolute Gasteiger partial charge is 0.465 e. The van der Waals surface area contributed by atoms with Gasteiger partial charge in [-0.05, 0) is 42.0 Å². The summed E-state index contributed by atoms with van der Waals surface area (Å²) >= 11 is 0. The molecule has 3 nitrogen and oxygen atoms in total. The normalized spacial score (nSPS) is 12.4. The molecule has 27 heavy (non-hydrogen) atoms. The molecule has 0 unspecified atom stereocenters. The van der Waals surface area contributed by atoms with Crippen molar-refractivity contribution in [2.45, 2.75) is 52.0 Å². The standard InChI is InChI=1S/C24H27NO2/c1-4-8-16(9-5-2)22-20-13-12-17(24(26)27-3)14-21(20)25-15-18-10-6-7-11-19(18)23(22)25/h6-7,10-14,16H,4-5,8-9,15H2,1-3H3. The zero-order valence-electron chi connectivity index (χ0n) is 16.4. The summed E-state index contributed by atoms with van der Waals surface area (Å²) in [7, 11) is 1.44. The second kappa shape index (κ2) is 7.22. The second-order valence-corrected chi connectivity index (χ2v) is 7.50. The van der Waals surface area contributed by atoms with Crippen LogP contribution in [0, 0.1) is 0 Å². The van der Waals surface area contributed by atoms with E-state index >= 15 is 0 Å². The van der Waals surface area contributed by atoms with Gasteiger partial charge in [-0.15, -0.1) is 0 Å². The third-order valence-corrected chi connectivity index (χ3v) is 5.81. The highest BCUT2D eigenvalue weighted by molar-refractivity contribution is 5.99. The lowest BCUT2D eigenvalue weighted by Gasteiger charge is -2.17. The number of ether oxygens (including phenoxy) is 1. The number of methoxy groups -OCH3 is 1. The molecule has 1 aliphatic heterocycles. The first kappa shape index (κ1) is 17.8. The number of carbonyl (C=O) groups is 1. The highest BCUT2D eigenvalue weighted by Crippen LogP contribution is 2.46. The summed E-state index contributed by atoms with van der Waals surface area (Å²) < 4.78 is 7.35. The van der Waals surface area contributed by atoms with Crippen LogP contribution >= 0.6 is 0 Å². The molecule has 2 heterocycles. The number of aromatic nitrogens is 1. The lowest BCUT2D eigenvalue weighted by atomic mass is 9.86. The van der Waals surface area contributed by atoms with E-state index in [1.165, 1.54) is 60.6 Å². The van der Waals surface area contributed by atoms with Gasteiger partial charge in [-0.3, -0.25) is 0 Å². The van der Waals surface area contributed by atoms with Gasteiger partial charge in [0.15, 0.2) is 0 Å². The molecule has 3 aromatic rings. The molecule has 0 saturated heterocycles. The van der Waals surface area contributed by atoms with Gasteiger partial charge >= 0.3 is 5.97 Å². The van der Waals surface area contributed by atoms with Crippen molar-refractivity contribution in [2.75, 3.05) is 7.11 Å². The number of hydrogen-bond donors (Lipinski definition) is 0. The van der Waals surface area contributed by atoms with E-state index in [0.717, 1.165) is 12.1 Å². The molecule has 0 spiro atoms. The van der Waals surface area contributed by atoms with Crippen molar-refractivity contribution >= 4 is 16.9 Å². The molecule has 3 heteroatoms. The summed E-state index contributed by atoms with van der Waals surface area (Å²) in [6, 6.07) is 14.8. The van der Waals surface area contributed by atoms with Crippen LogP contribution in [0.2, 0.25) is 0 Å². The van der Waals surface area contributed by atoms with E-state index in [0.29, 0.717) is 11.5 Å². The van der Waals surface area contributed by atoms with E-state index < -0.39 is 0 Å². The van der Waals surface area contributed by atoms with Crippen LogP contribution < -0.4 is 0 Å². The summed E-state index contributed by atoms with van der Waals surface area (Å²) in [5.74, 6) is 0.275. The lowest BCUT2D eigenvalue weighted by Crippen LogP contribution is -2.02. The van der Waals surface area contributed by atoms with Crippen molar-refractivity contribution in [1.29, 1.82) is 0 Å². The summed E-state index contributed by atoms with van der Waals surface area (Å²) in [5, 5.41) is 1.29. The summed E-state index contributed by atoms with van der Waals surface area (Å²) in [5.41, 5.74) is 7.31. The Morgan fingerprint density at radius 1 is 1.11 bits per heavy atom. The van der Waals surface area contributed by atoms with E-state index in [9.17, 15) is 4.79 Å². The van der Waals surface area contributed by atoms with Crippen LogP contribution in [0.1, 0.15) is 66.9 Å². The van der Waals surface area contributed by atoms with Crippen molar-refractivity contribution in [1.82, 2.24) is 4.57 Å². The summed E-state index contributed by atoms with van der Waals surface area (Å²) in [6.45, 7) is 5.41. The molecule has 0 N–H and O–H groups in total. The number of nitrogens with zero attached hydrogens (tertiary/aromatic N) is 1. The van der Waals surface area contributed by atoms with Crippen molar-refractivity contribution < 1.29 is 9.53 Å². The van der Waals surface area contributed by atoms with Gasteiger partial charge in [0.05, 0.1) is 18.4 Å². The topological polar surface area (TPSA) is 31.2 Å². The molecular formula is C24H27NO2. The predicted molar refractivity (Wildman–Crippen MR) is 110 cm³/mol. The Balaban J connectivity index is 1.99. The van der Waals surface area contributed by atoms with Crippen LogP contribution in [0.25, 0.3) is 22.2 Å². The van der Waals surface area contributed by atoms with Gasteiger partial charge in [-0.25, -0.2) is 4.79 Å².